The van der Waals surface area contributed by atoms with E-state index in [1.165, 1.54) is 0 Å². The largest absolute Gasteiger partial charge is 0.455 e. The number of aromatic nitrogens is 3. The summed E-state index contributed by atoms with van der Waals surface area (Å²) < 4.78 is 16.5. The molecule has 6 nitrogen and oxygen atoms in total. The van der Waals surface area contributed by atoms with Crippen molar-refractivity contribution in [2.75, 3.05) is 0 Å². The average molecular weight is 311 g/mol. The van der Waals surface area contributed by atoms with E-state index in [-0.39, 0.29) is 18.6 Å². The van der Waals surface area contributed by atoms with Gasteiger partial charge < -0.3 is 9.47 Å². The molecule has 0 unspecified atom stereocenters. The number of para-hydroxylation sites is 1. The molecule has 6 heteroatoms. The lowest BCUT2D eigenvalue weighted by Gasteiger charge is -2.10. The van der Waals surface area contributed by atoms with Crippen molar-refractivity contribution in [3.05, 3.63) is 60.2 Å². The lowest BCUT2D eigenvalue weighted by atomic mass is 10.2. The quantitative estimate of drug-likeness (QED) is 0.686. The number of hydrogen-bond acceptors (Lipinski definition) is 6. The second-order valence-electron chi connectivity index (χ2n) is 5.26. The normalized spacial score (nSPS) is 10.7. The molecule has 0 fully saturated rings. The molecule has 0 aliphatic carbocycles. The van der Waals surface area contributed by atoms with Gasteiger partial charge in [-0.25, -0.2) is 0 Å². The van der Waals surface area contributed by atoms with E-state index in [9.17, 15) is 0 Å². The first-order valence-electron chi connectivity index (χ1n) is 7.34. The Bertz CT molecular complexity index is 757. The lowest BCUT2D eigenvalue weighted by Crippen LogP contribution is -1.99. The number of rotatable bonds is 6. The van der Waals surface area contributed by atoms with Crippen molar-refractivity contribution in [2.24, 2.45) is 0 Å². The van der Waals surface area contributed by atoms with Gasteiger partial charge >= 0.3 is 6.08 Å². The summed E-state index contributed by atoms with van der Waals surface area (Å²) in [5.74, 6) is 2.18. The predicted molar refractivity (Wildman–Crippen MR) is 83.5 cm³/mol. The first kappa shape index (κ1) is 15.0. The molecule has 1 aromatic carbocycles. The highest BCUT2D eigenvalue weighted by Gasteiger charge is 2.12. The second-order valence-corrected chi connectivity index (χ2v) is 5.26. The third-order valence-corrected chi connectivity index (χ3v) is 3.13. The van der Waals surface area contributed by atoms with Crippen molar-refractivity contribution in [3.63, 3.8) is 0 Å². The van der Waals surface area contributed by atoms with E-state index in [1.807, 2.05) is 50.2 Å². The Hall–Kier alpha value is -2.89. The van der Waals surface area contributed by atoms with Gasteiger partial charge in [0.25, 0.3) is 0 Å². The van der Waals surface area contributed by atoms with Crippen molar-refractivity contribution in [1.82, 2.24) is 15.1 Å². The van der Waals surface area contributed by atoms with Crippen LogP contribution in [0, 0.1) is 0 Å². The van der Waals surface area contributed by atoms with Crippen molar-refractivity contribution in [2.45, 2.75) is 26.4 Å². The van der Waals surface area contributed by atoms with E-state index in [0.717, 1.165) is 5.56 Å². The average Bonchev–Trinajstić information content (AvgIpc) is 3.04. The van der Waals surface area contributed by atoms with Gasteiger partial charge in [-0.3, -0.25) is 9.51 Å². The Morgan fingerprint density at radius 2 is 2.00 bits per heavy atom. The van der Waals surface area contributed by atoms with Gasteiger partial charge in [-0.15, -0.1) is 0 Å². The van der Waals surface area contributed by atoms with E-state index in [2.05, 4.69) is 15.1 Å². The summed E-state index contributed by atoms with van der Waals surface area (Å²) in [7, 11) is 0. The Labute approximate surface area is 134 Å². The maximum absolute atomic E-state index is 5.83. The molecule has 118 valence electrons. The van der Waals surface area contributed by atoms with Crippen LogP contribution >= 0.6 is 0 Å². The van der Waals surface area contributed by atoms with Gasteiger partial charge in [-0.1, -0.05) is 37.2 Å². The van der Waals surface area contributed by atoms with Crippen LogP contribution in [0.3, 0.4) is 0 Å². The van der Waals surface area contributed by atoms with Gasteiger partial charge in [0, 0.05) is 17.7 Å². The third kappa shape index (κ3) is 3.85. The molecule has 0 saturated carbocycles. The molecule has 0 atom stereocenters. The van der Waals surface area contributed by atoms with E-state index in [4.69, 9.17) is 14.0 Å². The van der Waals surface area contributed by atoms with Gasteiger partial charge in [0.1, 0.15) is 18.1 Å². The molecule has 0 N–H and O–H groups in total. The topological polar surface area (TPSA) is 70.3 Å². The smallest absolute Gasteiger partial charge is 0.417 e. The Balaban J connectivity index is 1.70. The molecule has 3 aromatic rings. The van der Waals surface area contributed by atoms with Gasteiger partial charge in [0.15, 0.2) is 5.82 Å². The Morgan fingerprint density at radius 1 is 1.13 bits per heavy atom. The zero-order chi connectivity index (χ0) is 16.1. The molecule has 2 aromatic heterocycles. The maximum atomic E-state index is 5.83. The first-order valence-corrected chi connectivity index (χ1v) is 7.34. The predicted octanol–water partition coefficient (Wildman–Crippen LogP) is 3.96. The van der Waals surface area contributed by atoms with Crippen LogP contribution in [0.1, 0.15) is 31.2 Å². The van der Waals surface area contributed by atoms with E-state index in [0.29, 0.717) is 17.3 Å². The highest BCUT2D eigenvalue weighted by Crippen LogP contribution is 2.25. The van der Waals surface area contributed by atoms with Gasteiger partial charge in [-0.05, 0) is 18.2 Å². The molecule has 3 rings (SSSR count). The summed E-state index contributed by atoms with van der Waals surface area (Å²) in [6.45, 7) is 4.26. The van der Waals surface area contributed by atoms with Gasteiger partial charge in [-0.2, -0.15) is 4.98 Å². The fraction of sp³-hybridized carbons (Fsp3) is 0.235. The van der Waals surface area contributed by atoms with Crippen LogP contribution < -0.4 is 9.47 Å². The minimum atomic E-state index is 0.157. The van der Waals surface area contributed by atoms with E-state index >= 15 is 0 Å². The highest BCUT2D eigenvalue weighted by molar-refractivity contribution is 5.36. The Kier molecular flexibility index (Phi) is 4.52. The van der Waals surface area contributed by atoms with Crippen LogP contribution in [0.4, 0.5) is 0 Å². The lowest BCUT2D eigenvalue weighted by molar-refractivity contribution is 0.193. The Morgan fingerprint density at radius 3 is 2.74 bits per heavy atom. The number of pyridine rings is 1. The highest BCUT2D eigenvalue weighted by atomic mass is 16.6. The maximum Gasteiger partial charge on any atom is 0.417 e. The monoisotopic (exact) mass is 311 g/mol. The molecule has 0 spiro atoms. The van der Waals surface area contributed by atoms with Crippen LogP contribution in [-0.2, 0) is 6.61 Å². The molecule has 0 saturated heterocycles. The molecule has 0 amide bonds. The number of ether oxygens (including phenoxy) is 2. The molecule has 0 aliphatic heterocycles. The molecule has 0 radical (unpaired) electrons. The first-order chi connectivity index (χ1) is 11.2. The van der Waals surface area contributed by atoms with Crippen LogP contribution in [0.2, 0.25) is 0 Å². The molecular weight excluding hydrogens is 294 g/mol. The third-order valence-electron chi connectivity index (χ3n) is 3.13. The fourth-order valence-corrected chi connectivity index (χ4v) is 1.91. The van der Waals surface area contributed by atoms with Gasteiger partial charge in [0.2, 0.25) is 0 Å². The fourth-order valence-electron chi connectivity index (χ4n) is 1.91. The molecule has 0 aliphatic rings. The zero-order valence-corrected chi connectivity index (χ0v) is 13.0. The summed E-state index contributed by atoms with van der Waals surface area (Å²) in [6.07, 6.45) is 3.51. The van der Waals surface area contributed by atoms with Crippen LogP contribution in [0.15, 0.2) is 53.3 Å². The second kappa shape index (κ2) is 6.91. The summed E-state index contributed by atoms with van der Waals surface area (Å²) in [5.41, 5.74) is 0.876. The summed E-state index contributed by atoms with van der Waals surface area (Å²) >= 11 is 0. The van der Waals surface area contributed by atoms with Crippen molar-refractivity contribution >= 4 is 0 Å². The number of nitrogens with zero attached hydrogens (tertiary/aromatic N) is 3. The molecule has 23 heavy (non-hydrogen) atoms. The van der Waals surface area contributed by atoms with Crippen molar-refractivity contribution in [3.8, 4) is 17.6 Å². The number of benzene rings is 1. The van der Waals surface area contributed by atoms with Crippen LogP contribution in [0.5, 0.6) is 17.6 Å². The zero-order valence-electron chi connectivity index (χ0n) is 13.0. The summed E-state index contributed by atoms with van der Waals surface area (Å²) in [5, 5.41) is 3.87. The molecule has 2 heterocycles. The standard InChI is InChI=1S/C17H17N3O3/c1-12(2)16-19-17(23-20-16)21-11-13-6-3-4-8-15(13)22-14-7-5-9-18-10-14/h3-10,12H,11H2,1-2H3. The van der Waals surface area contributed by atoms with Crippen LogP contribution in [0.25, 0.3) is 0 Å². The van der Waals surface area contributed by atoms with E-state index < -0.39 is 0 Å². The SMILES string of the molecule is CC(C)c1noc(OCc2ccccc2Oc2cccnc2)n1. The summed E-state index contributed by atoms with van der Waals surface area (Å²) in [6, 6.07) is 11.3. The number of hydrogen-bond donors (Lipinski definition) is 0. The molecular formula is C17H17N3O3. The van der Waals surface area contributed by atoms with E-state index in [1.54, 1.807) is 12.4 Å². The minimum Gasteiger partial charge on any atom is -0.455 e. The van der Waals surface area contributed by atoms with Crippen molar-refractivity contribution in [1.29, 1.82) is 0 Å². The summed E-state index contributed by atoms with van der Waals surface area (Å²) in [4.78, 5) is 8.22. The van der Waals surface area contributed by atoms with Crippen LogP contribution in [-0.4, -0.2) is 15.1 Å². The van der Waals surface area contributed by atoms with Gasteiger partial charge in [0.05, 0.1) is 6.20 Å². The molecule has 0 bridgehead atoms. The minimum absolute atomic E-state index is 0.157. The van der Waals surface area contributed by atoms with Crippen molar-refractivity contribution < 1.29 is 14.0 Å².